The Hall–Kier alpha value is -2.54. The summed E-state index contributed by atoms with van der Waals surface area (Å²) in [5.41, 5.74) is 0.360. The van der Waals surface area contributed by atoms with E-state index in [0.717, 1.165) is 0 Å². The van der Waals surface area contributed by atoms with Gasteiger partial charge in [0.1, 0.15) is 5.75 Å². The van der Waals surface area contributed by atoms with E-state index in [2.05, 4.69) is 0 Å². The van der Waals surface area contributed by atoms with Gasteiger partial charge in [0.25, 0.3) is 5.69 Å². The van der Waals surface area contributed by atoms with Crippen molar-refractivity contribution in [3.05, 3.63) is 64.2 Å². The summed E-state index contributed by atoms with van der Waals surface area (Å²) in [5.74, 6) is 0.191. The Kier molecular flexibility index (Phi) is 5.00. The first-order valence-corrected chi connectivity index (χ1v) is 7.63. The number of rotatable bonds is 6. The molecule has 0 saturated heterocycles. The highest BCUT2D eigenvalue weighted by Gasteiger charge is 2.14. The molecule has 0 bridgehead atoms. The Bertz CT molecular complexity index is 710. The maximum Gasteiger partial charge on any atom is 0.269 e. The lowest BCUT2D eigenvalue weighted by atomic mass is 10.1. The first kappa shape index (κ1) is 15.8. The van der Waals surface area contributed by atoms with Crippen LogP contribution in [-0.4, -0.2) is 27.8 Å². The number of ketones is 1. The molecule has 0 radical (unpaired) electrons. The highest BCUT2D eigenvalue weighted by molar-refractivity contribution is 7.85. The van der Waals surface area contributed by atoms with Gasteiger partial charge in [-0.2, -0.15) is 0 Å². The van der Waals surface area contributed by atoms with Crippen LogP contribution in [0.2, 0.25) is 0 Å². The first-order valence-electron chi connectivity index (χ1n) is 6.31. The van der Waals surface area contributed by atoms with Crippen molar-refractivity contribution in [1.29, 1.82) is 0 Å². The molecule has 1 atom stereocenters. The van der Waals surface area contributed by atoms with Gasteiger partial charge in [0.15, 0.2) is 5.78 Å². The van der Waals surface area contributed by atoms with Crippen LogP contribution in [0.4, 0.5) is 5.69 Å². The van der Waals surface area contributed by atoms with Gasteiger partial charge in [-0.1, -0.05) is 0 Å². The van der Waals surface area contributed by atoms with Crippen molar-refractivity contribution < 1.29 is 18.7 Å². The SMILES string of the molecule is COc1ccc(C(=O)C[S@](=O)c2ccc([N+](=O)[O-])cc2)cc1. The van der Waals surface area contributed by atoms with Gasteiger partial charge in [-0.25, -0.2) is 0 Å². The summed E-state index contributed by atoms with van der Waals surface area (Å²) < 4.78 is 17.1. The fraction of sp³-hybridized carbons (Fsp3) is 0.133. The highest BCUT2D eigenvalue weighted by Crippen LogP contribution is 2.16. The number of Topliss-reactive ketones (excluding diaryl/α,β-unsaturated/α-hetero) is 1. The maximum absolute atomic E-state index is 12.1. The number of non-ortho nitro benzene ring substituents is 1. The van der Waals surface area contributed by atoms with Gasteiger partial charge in [-0.3, -0.25) is 19.1 Å². The van der Waals surface area contributed by atoms with Crippen LogP contribution in [0.25, 0.3) is 0 Å². The van der Waals surface area contributed by atoms with Crippen LogP contribution in [0.1, 0.15) is 10.4 Å². The van der Waals surface area contributed by atoms with E-state index in [-0.39, 0.29) is 17.2 Å². The van der Waals surface area contributed by atoms with Gasteiger partial charge in [-0.15, -0.1) is 0 Å². The standard InChI is InChI=1S/C15H13NO5S/c1-21-13-6-2-11(3-7-13)15(17)10-22(20)14-8-4-12(5-9-14)16(18)19/h2-9H,10H2,1H3/t22-/m0/s1. The predicted molar refractivity (Wildman–Crippen MR) is 81.7 cm³/mol. The average Bonchev–Trinajstić information content (AvgIpc) is 2.54. The number of benzene rings is 2. The zero-order valence-electron chi connectivity index (χ0n) is 11.7. The van der Waals surface area contributed by atoms with Crippen molar-refractivity contribution in [3.8, 4) is 5.75 Å². The van der Waals surface area contributed by atoms with Crippen LogP contribution < -0.4 is 4.74 Å². The van der Waals surface area contributed by atoms with Gasteiger partial charge >= 0.3 is 0 Å². The van der Waals surface area contributed by atoms with Crippen molar-refractivity contribution in [2.45, 2.75) is 4.90 Å². The molecule has 7 heteroatoms. The van der Waals surface area contributed by atoms with Gasteiger partial charge in [0, 0.05) is 22.6 Å². The number of methoxy groups -OCH3 is 1. The second kappa shape index (κ2) is 6.95. The molecule has 22 heavy (non-hydrogen) atoms. The Morgan fingerprint density at radius 1 is 1.14 bits per heavy atom. The van der Waals surface area contributed by atoms with Crippen LogP contribution in [0.5, 0.6) is 5.75 Å². The fourth-order valence-electron chi connectivity index (χ4n) is 1.78. The molecule has 2 rings (SSSR count). The molecular weight excluding hydrogens is 306 g/mol. The number of ether oxygens (including phenoxy) is 1. The monoisotopic (exact) mass is 319 g/mol. The van der Waals surface area contributed by atoms with Crippen molar-refractivity contribution in [2.75, 3.05) is 12.9 Å². The minimum absolute atomic E-state index is 0.0813. The number of carbonyl (C=O) groups is 1. The van der Waals surface area contributed by atoms with E-state index < -0.39 is 15.7 Å². The largest absolute Gasteiger partial charge is 0.497 e. The zero-order chi connectivity index (χ0) is 16.1. The molecule has 0 fully saturated rings. The summed E-state index contributed by atoms with van der Waals surface area (Å²) in [7, 11) is -0.0178. The fourth-order valence-corrected chi connectivity index (χ4v) is 2.79. The van der Waals surface area contributed by atoms with Gasteiger partial charge in [0.05, 0.1) is 28.6 Å². The molecule has 0 heterocycles. The van der Waals surface area contributed by atoms with Crippen LogP contribution in [0.3, 0.4) is 0 Å². The first-order chi connectivity index (χ1) is 10.5. The minimum Gasteiger partial charge on any atom is -0.497 e. The number of hydrogen-bond donors (Lipinski definition) is 0. The van der Waals surface area contributed by atoms with Crippen molar-refractivity contribution in [3.63, 3.8) is 0 Å². The second-order valence-electron chi connectivity index (χ2n) is 4.39. The van der Waals surface area contributed by atoms with E-state index in [4.69, 9.17) is 4.74 Å². The summed E-state index contributed by atoms with van der Waals surface area (Å²) in [5, 5.41) is 10.6. The third-order valence-electron chi connectivity index (χ3n) is 2.98. The van der Waals surface area contributed by atoms with Crippen LogP contribution in [0.15, 0.2) is 53.4 Å². The average molecular weight is 319 g/mol. The molecule has 2 aromatic carbocycles. The zero-order valence-corrected chi connectivity index (χ0v) is 12.5. The smallest absolute Gasteiger partial charge is 0.269 e. The van der Waals surface area contributed by atoms with E-state index >= 15 is 0 Å². The second-order valence-corrected chi connectivity index (χ2v) is 5.84. The lowest BCUT2D eigenvalue weighted by molar-refractivity contribution is -0.384. The lowest BCUT2D eigenvalue weighted by Gasteiger charge is -2.04. The molecule has 6 nitrogen and oxygen atoms in total. The predicted octanol–water partition coefficient (Wildman–Crippen LogP) is 2.59. The molecular formula is C15H13NO5S. The normalized spacial score (nSPS) is 11.7. The van der Waals surface area contributed by atoms with E-state index in [1.165, 1.54) is 31.4 Å². The van der Waals surface area contributed by atoms with Gasteiger partial charge in [0.2, 0.25) is 0 Å². The third-order valence-corrected chi connectivity index (χ3v) is 4.31. The Balaban J connectivity index is 2.06. The Morgan fingerprint density at radius 2 is 1.73 bits per heavy atom. The third kappa shape index (κ3) is 3.76. The molecule has 0 aliphatic carbocycles. The van der Waals surface area contributed by atoms with E-state index in [1.807, 2.05) is 0 Å². The topological polar surface area (TPSA) is 86.5 Å². The van der Waals surface area contributed by atoms with Crippen LogP contribution in [-0.2, 0) is 10.8 Å². The molecule has 114 valence electrons. The van der Waals surface area contributed by atoms with Crippen molar-refractivity contribution in [2.24, 2.45) is 0 Å². The molecule has 0 N–H and O–H groups in total. The highest BCUT2D eigenvalue weighted by atomic mass is 32.2. The number of hydrogen-bond acceptors (Lipinski definition) is 5. The summed E-state index contributed by atoms with van der Waals surface area (Å²) in [6, 6.07) is 11.9. The summed E-state index contributed by atoms with van der Waals surface area (Å²) in [6.45, 7) is 0. The van der Waals surface area contributed by atoms with Crippen LogP contribution in [0, 0.1) is 10.1 Å². The maximum atomic E-state index is 12.1. The molecule has 0 aliphatic heterocycles. The quantitative estimate of drug-likeness (QED) is 0.464. The number of nitrogens with zero attached hydrogens (tertiary/aromatic N) is 1. The van der Waals surface area contributed by atoms with E-state index in [9.17, 15) is 19.1 Å². The molecule has 0 spiro atoms. The molecule has 0 amide bonds. The molecule has 0 unspecified atom stereocenters. The lowest BCUT2D eigenvalue weighted by Crippen LogP contribution is -2.11. The number of nitro groups is 1. The van der Waals surface area contributed by atoms with Gasteiger partial charge in [-0.05, 0) is 36.4 Å². The Labute approximate surface area is 129 Å². The molecule has 2 aromatic rings. The molecule has 0 aromatic heterocycles. The molecule has 0 aliphatic rings. The number of carbonyl (C=O) groups excluding carboxylic acids is 1. The van der Waals surface area contributed by atoms with Crippen molar-refractivity contribution in [1.82, 2.24) is 0 Å². The van der Waals surface area contributed by atoms with Crippen molar-refractivity contribution >= 4 is 22.3 Å². The van der Waals surface area contributed by atoms with Crippen LogP contribution >= 0.6 is 0 Å². The van der Waals surface area contributed by atoms with E-state index in [1.54, 1.807) is 24.3 Å². The van der Waals surface area contributed by atoms with E-state index in [0.29, 0.717) is 16.2 Å². The summed E-state index contributed by atoms with van der Waals surface area (Å²) in [6.07, 6.45) is 0. The number of nitro benzene ring substituents is 1. The summed E-state index contributed by atoms with van der Waals surface area (Å²) in [4.78, 5) is 22.5. The Morgan fingerprint density at radius 3 is 2.23 bits per heavy atom. The summed E-state index contributed by atoms with van der Waals surface area (Å²) >= 11 is 0. The molecule has 0 saturated carbocycles. The minimum atomic E-state index is -1.55. The van der Waals surface area contributed by atoms with Gasteiger partial charge < -0.3 is 4.74 Å².